The van der Waals surface area contributed by atoms with Gasteiger partial charge in [-0.25, -0.2) is 4.68 Å². The topological polar surface area (TPSA) is 58.3 Å². The van der Waals surface area contributed by atoms with Crippen molar-refractivity contribution in [1.29, 1.82) is 0 Å². The van der Waals surface area contributed by atoms with Gasteiger partial charge in [0.2, 0.25) is 0 Å². The molecule has 1 fully saturated rings. The number of nitrogens with zero attached hydrogens (tertiary/aromatic N) is 2. The first kappa shape index (κ1) is 13.2. The van der Waals surface area contributed by atoms with Crippen molar-refractivity contribution in [3.05, 3.63) is 48.2 Å². The summed E-state index contributed by atoms with van der Waals surface area (Å²) in [6, 6.07) is 12.4. The molecular weight excluding hydrogens is 276 g/mol. The van der Waals surface area contributed by atoms with Gasteiger partial charge in [-0.3, -0.25) is 0 Å². The first-order chi connectivity index (χ1) is 10.7. The Kier molecular flexibility index (Phi) is 3.03. The number of benzene rings is 2. The van der Waals surface area contributed by atoms with Gasteiger partial charge in [-0.2, -0.15) is 5.10 Å². The zero-order valence-corrected chi connectivity index (χ0v) is 12.2. The first-order valence-electron chi connectivity index (χ1n) is 7.73. The minimum atomic E-state index is 0.235. The lowest BCUT2D eigenvalue weighted by atomic mass is 10.0. The van der Waals surface area contributed by atoms with Crippen molar-refractivity contribution in [2.24, 2.45) is 0 Å². The van der Waals surface area contributed by atoms with E-state index < -0.39 is 0 Å². The van der Waals surface area contributed by atoms with E-state index in [0.29, 0.717) is 5.92 Å². The highest BCUT2D eigenvalue weighted by atomic mass is 16.3. The monoisotopic (exact) mass is 294 g/mol. The Morgan fingerprint density at radius 2 is 1.59 bits per heavy atom. The predicted molar refractivity (Wildman–Crippen MR) is 85.6 cm³/mol. The molecule has 0 saturated heterocycles. The van der Waals surface area contributed by atoms with Gasteiger partial charge in [-0.1, -0.05) is 12.8 Å². The molecule has 1 aromatic heterocycles. The van der Waals surface area contributed by atoms with Crippen LogP contribution in [0.3, 0.4) is 0 Å². The fourth-order valence-electron chi connectivity index (χ4n) is 3.42. The highest BCUT2D eigenvalue weighted by Gasteiger charge is 2.23. The molecule has 2 aromatic carbocycles. The van der Waals surface area contributed by atoms with Gasteiger partial charge in [0.05, 0.1) is 16.9 Å². The Hall–Kier alpha value is -2.49. The van der Waals surface area contributed by atoms with Crippen LogP contribution in [0.5, 0.6) is 11.5 Å². The molecule has 4 nitrogen and oxygen atoms in total. The van der Waals surface area contributed by atoms with Crippen molar-refractivity contribution in [1.82, 2.24) is 9.78 Å². The Balaban J connectivity index is 1.93. The fraction of sp³-hybridized carbons (Fsp3) is 0.278. The van der Waals surface area contributed by atoms with Crippen molar-refractivity contribution in [2.75, 3.05) is 0 Å². The van der Waals surface area contributed by atoms with E-state index in [-0.39, 0.29) is 11.5 Å². The summed E-state index contributed by atoms with van der Waals surface area (Å²) < 4.78 is 1.86. The highest BCUT2D eigenvalue weighted by molar-refractivity contribution is 5.85. The third-order valence-electron chi connectivity index (χ3n) is 4.53. The summed E-state index contributed by atoms with van der Waals surface area (Å²) in [5.74, 6) is 0.981. The molecule has 3 aromatic rings. The molecule has 0 radical (unpaired) electrons. The summed E-state index contributed by atoms with van der Waals surface area (Å²) in [5, 5.41) is 25.3. The minimum Gasteiger partial charge on any atom is -0.508 e. The SMILES string of the molecule is Oc1ccc(-n2nc(C3CCCC3)c3ccc(O)cc32)cc1. The maximum absolute atomic E-state index is 9.84. The summed E-state index contributed by atoms with van der Waals surface area (Å²) >= 11 is 0. The molecule has 2 N–H and O–H groups in total. The number of hydrogen-bond donors (Lipinski definition) is 2. The Morgan fingerprint density at radius 1 is 0.909 bits per heavy atom. The highest BCUT2D eigenvalue weighted by Crippen LogP contribution is 2.38. The van der Waals surface area contributed by atoms with E-state index in [4.69, 9.17) is 5.10 Å². The minimum absolute atomic E-state index is 0.235. The number of fused-ring (bicyclic) bond motifs is 1. The van der Waals surface area contributed by atoms with Crippen LogP contribution in [0.2, 0.25) is 0 Å². The van der Waals surface area contributed by atoms with E-state index in [2.05, 4.69) is 0 Å². The van der Waals surface area contributed by atoms with Gasteiger partial charge in [0.15, 0.2) is 0 Å². The van der Waals surface area contributed by atoms with Gasteiger partial charge in [-0.05, 0) is 49.2 Å². The smallest absolute Gasteiger partial charge is 0.117 e. The maximum Gasteiger partial charge on any atom is 0.117 e. The molecule has 1 aliphatic carbocycles. The molecule has 1 saturated carbocycles. The molecule has 0 unspecified atom stereocenters. The molecule has 4 heteroatoms. The van der Waals surface area contributed by atoms with Crippen molar-refractivity contribution in [2.45, 2.75) is 31.6 Å². The van der Waals surface area contributed by atoms with Crippen LogP contribution < -0.4 is 0 Å². The lowest BCUT2D eigenvalue weighted by molar-refractivity contribution is 0.474. The summed E-state index contributed by atoms with van der Waals surface area (Å²) in [4.78, 5) is 0. The van der Waals surface area contributed by atoms with Crippen LogP contribution in [0.1, 0.15) is 37.3 Å². The molecule has 0 amide bonds. The van der Waals surface area contributed by atoms with Gasteiger partial charge in [0, 0.05) is 17.4 Å². The van der Waals surface area contributed by atoms with Crippen molar-refractivity contribution in [3.63, 3.8) is 0 Å². The van der Waals surface area contributed by atoms with Crippen molar-refractivity contribution >= 4 is 10.9 Å². The Morgan fingerprint density at radius 3 is 2.32 bits per heavy atom. The zero-order chi connectivity index (χ0) is 15.1. The Labute approximate surface area is 128 Å². The number of phenolic OH excluding ortho intramolecular Hbond substituents is 2. The van der Waals surface area contributed by atoms with Crippen molar-refractivity contribution in [3.8, 4) is 17.2 Å². The van der Waals surface area contributed by atoms with Gasteiger partial charge in [0.1, 0.15) is 11.5 Å². The molecule has 0 spiro atoms. The zero-order valence-electron chi connectivity index (χ0n) is 12.2. The van der Waals surface area contributed by atoms with Gasteiger partial charge >= 0.3 is 0 Å². The molecule has 4 rings (SSSR count). The van der Waals surface area contributed by atoms with Crippen LogP contribution in [0.25, 0.3) is 16.6 Å². The molecule has 0 atom stereocenters. The number of phenols is 2. The largest absolute Gasteiger partial charge is 0.508 e. The second kappa shape index (κ2) is 5.05. The molecule has 1 heterocycles. The quantitative estimate of drug-likeness (QED) is 0.748. The normalized spacial score (nSPS) is 15.6. The molecule has 1 aliphatic rings. The molecule has 0 bridgehead atoms. The van der Waals surface area contributed by atoms with Gasteiger partial charge in [0.25, 0.3) is 0 Å². The summed E-state index contributed by atoms with van der Waals surface area (Å²) in [5.41, 5.74) is 2.92. The van der Waals surface area contributed by atoms with Crippen LogP contribution in [0.15, 0.2) is 42.5 Å². The summed E-state index contributed by atoms with van der Waals surface area (Å²) in [6.07, 6.45) is 4.89. The summed E-state index contributed by atoms with van der Waals surface area (Å²) in [6.45, 7) is 0. The third-order valence-corrected chi connectivity index (χ3v) is 4.53. The van der Waals surface area contributed by atoms with Crippen LogP contribution in [-0.4, -0.2) is 20.0 Å². The molecule has 22 heavy (non-hydrogen) atoms. The van der Waals surface area contributed by atoms with Crippen molar-refractivity contribution < 1.29 is 10.2 Å². The second-order valence-electron chi connectivity index (χ2n) is 6.00. The third kappa shape index (κ3) is 2.11. The maximum atomic E-state index is 9.84. The molecule has 0 aliphatic heterocycles. The number of hydrogen-bond acceptors (Lipinski definition) is 3. The number of aromatic nitrogens is 2. The van der Waals surface area contributed by atoms with Gasteiger partial charge in [-0.15, -0.1) is 0 Å². The predicted octanol–water partition coefficient (Wildman–Crippen LogP) is 4.09. The standard InChI is InChI=1S/C18H18N2O2/c21-14-7-5-13(6-8-14)20-17-11-15(22)9-10-16(17)18(19-20)12-3-1-2-4-12/h5-12,21-22H,1-4H2. The van der Waals surface area contributed by atoms with Crippen LogP contribution in [0.4, 0.5) is 0 Å². The lowest BCUT2D eigenvalue weighted by Crippen LogP contribution is -1.99. The van der Waals surface area contributed by atoms with Crippen LogP contribution in [-0.2, 0) is 0 Å². The second-order valence-corrected chi connectivity index (χ2v) is 6.00. The van der Waals surface area contributed by atoms with E-state index in [1.54, 1.807) is 24.3 Å². The van der Waals surface area contributed by atoms with E-state index in [1.807, 2.05) is 22.9 Å². The van der Waals surface area contributed by atoms with Crippen LogP contribution in [0, 0.1) is 0 Å². The van der Waals surface area contributed by atoms with E-state index in [9.17, 15) is 10.2 Å². The fourth-order valence-corrected chi connectivity index (χ4v) is 3.42. The lowest BCUT2D eigenvalue weighted by Gasteiger charge is -2.05. The van der Waals surface area contributed by atoms with Crippen LogP contribution >= 0.6 is 0 Å². The average molecular weight is 294 g/mol. The van der Waals surface area contributed by atoms with E-state index >= 15 is 0 Å². The average Bonchev–Trinajstić information content (AvgIpc) is 3.15. The van der Waals surface area contributed by atoms with E-state index in [1.165, 1.54) is 25.7 Å². The molecular formula is C18H18N2O2. The van der Waals surface area contributed by atoms with E-state index in [0.717, 1.165) is 22.3 Å². The molecule has 112 valence electrons. The number of rotatable bonds is 2. The first-order valence-corrected chi connectivity index (χ1v) is 7.73. The van der Waals surface area contributed by atoms with Gasteiger partial charge < -0.3 is 10.2 Å². The summed E-state index contributed by atoms with van der Waals surface area (Å²) in [7, 11) is 0. The number of aromatic hydroxyl groups is 2. The Bertz CT molecular complexity index is 815.